The Hall–Kier alpha value is -2.28. The number of unbranched alkanes of at least 4 members (excludes halogenated alkanes) is 3. The summed E-state index contributed by atoms with van der Waals surface area (Å²) in [5.41, 5.74) is 0. The van der Waals surface area contributed by atoms with Crippen LogP contribution in [0.15, 0.2) is 0 Å². The Morgan fingerprint density at radius 3 is 1.19 bits per heavy atom. The van der Waals surface area contributed by atoms with Crippen LogP contribution in [0, 0.1) is 0 Å². The Morgan fingerprint density at radius 2 is 0.875 bits per heavy atom. The third kappa shape index (κ3) is 18.5. The molecule has 0 rings (SSSR count). The van der Waals surface area contributed by atoms with Crippen LogP contribution in [0.1, 0.15) is 51.4 Å². The second-order valence-corrected chi connectivity index (χ2v) is 6.91. The molecule has 0 aliphatic carbocycles. The Labute approximate surface area is 188 Å². The molecule has 0 amide bonds. The van der Waals surface area contributed by atoms with Gasteiger partial charge in [-0.25, -0.2) is 0 Å². The van der Waals surface area contributed by atoms with Gasteiger partial charge < -0.3 is 29.4 Å². The number of ether oxygens (including phenoxy) is 4. The van der Waals surface area contributed by atoms with Crippen molar-refractivity contribution in [2.24, 2.45) is 0 Å². The monoisotopic (exact) mass is 464 g/mol. The average Bonchev–Trinajstić information content (AvgIpc) is 2.79. The van der Waals surface area contributed by atoms with Crippen LogP contribution < -0.4 is 0 Å². The van der Waals surface area contributed by atoms with E-state index >= 15 is 0 Å². The standard InChI is InChI=1S/C20H36N2O10/c1-29-17(23)7-11-21(27)13-9-19(25)31-15-5-3-4-6-16-32-20(26)10-14-22(28)12-8-18(24)30-2/h27-28H,3-16H2,1-2H3. The first-order valence-corrected chi connectivity index (χ1v) is 10.6. The van der Waals surface area contributed by atoms with Crippen molar-refractivity contribution in [3.8, 4) is 0 Å². The fourth-order valence-corrected chi connectivity index (χ4v) is 2.38. The molecule has 12 heteroatoms. The van der Waals surface area contributed by atoms with E-state index in [1.807, 2.05) is 0 Å². The van der Waals surface area contributed by atoms with Gasteiger partial charge in [-0.1, -0.05) is 0 Å². The highest BCUT2D eigenvalue weighted by Gasteiger charge is 2.10. The average molecular weight is 465 g/mol. The fourth-order valence-electron chi connectivity index (χ4n) is 2.38. The van der Waals surface area contributed by atoms with E-state index in [0.717, 1.165) is 23.0 Å². The summed E-state index contributed by atoms with van der Waals surface area (Å²) in [5.74, 6) is -1.74. The van der Waals surface area contributed by atoms with Crippen LogP contribution in [0.2, 0.25) is 0 Å². The van der Waals surface area contributed by atoms with Crippen LogP contribution in [-0.2, 0) is 38.1 Å². The SMILES string of the molecule is COC(=O)CCN(O)CCC(=O)OCCCCCCOC(=O)CCN(O)CCC(=O)OC. The normalized spacial score (nSPS) is 10.8. The van der Waals surface area contributed by atoms with E-state index in [9.17, 15) is 29.6 Å². The number of hydroxylamine groups is 4. The molecular weight excluding hydrogens is 428 g/mol. The number of carbonyl (C=O) groups is 4. The van der Waals surface area contributed by atoms with Gasteiger partial charge in [-0.15, -0.1) is 0 Å². The minimum absolute atomic E-state index is 0.0155. The predicted octanol–water partition coefficient (Wildman–Crippen LogP) is 0.922. The van der Waals surface area contributed by atoms with Crippen molar-refractivity contribution < 1.29 is 48.5 Å². The summed E-state index contributed by atoms with van der Waals surface area (Å²) in [5, 5.41) is 20.8. The lowest BCUT2D eigenvalue weighted by Gasteiger charge is -2.13. The maximum atomic E-state index is 11.6. The first-order chi connectivity index (χ1) is 15.3. The fraction of sp³-hybridized carbons (Fsp3) is 0.800. The van der Waals surface area contributed by atoms with E-state index in [0.29, 0.717) is 12.8 Å². The van der Waals surface area contributed by atoms with Crippen LogP contribution in [0.4, 0.5) is 0 Å². The van der Waals surface area contributed by atoms with Gasteiger partial charge in [-0.3, -0.25) is 19.2 Å². The van der Waals surface area contributed by atoms with Gasteiger partial charge in [0.25, 0.3) is 0 Å². The second kappa shape index (κ2) is 19.4. The predicted molar refractivity (Wildman–Crippen MR) is 110 cm³/mol. The van der Waals surface area contributed by atoms with Crippen LogP contribution in [-0.4, -0.2) is 98.0 Å². The summed E-state index contributed by atoms with van der Waals surface area (Å²) in [6.45, 7) is 0.839. The summed E-state index contributed by atoms with van der Waals surface area (Å²) in [7, 11) is 2.52. The highest BCUT2D eigenvalue weighted by Crippen LogP contribution is 2.03. The number of rotatable bonds is 19. The molecule has 0 spiro atoms. The lowest BCUT2D eigenvalue weighted by atomic mass is 10.2. The Kier molecular flexibility index (Phi) is 18.0. The molecule has 0 fully saturated rings. The van der Waals surface area contributed by atoms with E-state index in [2.05, 4.69) is 9.47 Å². The Bertz CT molecular complexity index is 510. The van der Waals surface area contributed by atoms with Gasteiger partial charge in [0.1, 0.15) is 0 Å². The number of methoxy groups -OCH3 is 2. The molecule has 186 valence electrons. The van der Waals surface area contributed by atoms with Gasteiger partial charge >= 0.3 is 23.9 Å². The molecule has 0 aromatic heterocycles. The molecule has 0 aliphatic rings. The van der Waals surface area contributed by atoms with Crippen molar-refractivity contribution >= 4 is 23.9 Å². The van der Waals surface area contributed by atoms with E-state index in [4.69, 9.17) is 9.47 Å². The van der Waals surface area contributed by atoms with Gasteiger partial charge in [-0.05, 0) is 25.7 Å². The van der Waals surface area contributed by atoms with Gasteiger partial charge in [0, 0.05) is 26.2 Å². The second-order valence-electron chi connectivity index (χ2n) is 6.91. The molecule has 0 atom stereocenters. The highest BCUT2D eigenvalue weighted by atomic mass is 16.5. The maximum absolute atomic E-state index is 11.6. The molecule has 12 nitrogen and oxygen atoms in total. The Morgan fingerprint density at radius 1 is 0.562 bits per heavy atom. The maximum Gasteiger partial charge on any atom is 0.307 e. The lowest BCUT2D eigenvalue weighted by molar-refractivity contribution is -0.152. The first kappa shape index (κ1) is 29.7. The molecule has 0 bridgehead atoms. The topological polar surface area (TPSA) is 152 Å². The van der Waals surface area contributed by atoms with Crippen molar-refractivity contribution in [2.75, 3.05) is 53.6 Å². The minimum atomic E-state index is -0.439. The van der Waals surface area contributed by atoms with Crippen molar-refractivity contribution in [1.29, 1.82) is 0 Å². The molecular formula is C20H36N2O10. The van der Waals surface area contributed by atoms with E-state index in [1.54, 1.807) is 0 Å². The number of nitrogens with zero attached hydrogens (tertiary/aromatic N) is 2. The highest BCUT2D eigenvalue weighted by molar-refractivity contribution is 5.70. The summed E-state index contributed by atoms with van der Waals surface area (Å²) in [6, 6.07) is 0. The van der Waals surface area contributed by atoms with Crippen LogP contribution in [0.3, 0.4) is 0 Å². The number of carbonyl (C=O) groups excluding carboxylic acids is 4. The van der Waals surface area contributed by atoms with E-state index < -0.39 is 23.9 Å². The van der Waals surface area contributed by atoms with Crippen LogP contribution in [0.5, 0.6) is 0 Å². The molecule has 0 aromatic carbocycles. The summed E-state index contributed by atoms with van der Waals surface area (Å²) in [6.07, 6.45) is 3.04. The third-order valence-electron chi connectivity index (χ3n) is 4.32. The third-order valence-corrected chi connectivity index (χ3v) is 4.32. The molecule has 0 aromatic rings. The number of hydrogen-bond donors (Lipinski definition) is 2. The molecule has 0 unspecified atom stereocenters. The summed E-state index contributed by atoms with van der Waals surface area (Å²) >= 11 is 0. The minimum Gasteiger partial charge on any atom is -0.469 e. The molecule has 0 heterocycles. The van der Waals surface area contributed by atoms with Crippen LogP contribution >= 0.6 is 0 Å². The molecule has 32 heavy (non-hydrogen) atoms. The van der Waals surface area contributed by atoms with Crippen molar-refractivity contribution in [3.05, 3.63) is 0 Å². The summed E-state index contributed by atoms with van der Waals surface area (Å²) < 4.78 is 19.1. The van der Waals surface area contributed by atoms with Gasteiger partial charge in [0.2, 0.25) is 0 Å². The molecule has 0 radical (unpaired) electrons. The van der Waals surface area contributed by atoms with Crippen LogP contribution in [0.25, 0.3) is 0 Å². The smallest absolute Gasteiger partial charge is 0.307 e. The van der Waals surface area contributed by atoms with E-state index in [-0.39, 0.29) is 65.1 Å². The molecule has 0 saturated carbocycles. The lowest BCUT2D eigenvalue weighted by Crippen LogP contribution is -2.26. The van der Waals surface area contributed by atoms with E-state index in [1.165, 1.54) is 14.2 Å². The first-order valence-electron chi connectivity index (χ1n) is 10.6. The largest absolute Gasteiger partial charge is 0.469 e. The van der Waals surface area contributed by atoms with Gasteiger partial charge in [-0.2, -0.15) is 10.1 Å². The zero-order chi connectivity index (χ0) is 24.2. The summed E-state index contributed by atoms with van der Waals surface area (Å²) in [4.78, 5) is 45.1. The molecule has 0 saturated heterocycles. The van der Waals surface area contributed by atoms with Crippen molar-refractivity contribution in [2.45, 2.75) is 51.4 Å². The molecule has 2 N–H and O–H groups in total. The number of hydrogen-bond acceptors (Lipinski definition) is 12. The van der Waals surface area contributed by atoms with Gasteiger partial charge in [0.15, 0.2) is 0 Å². The van der Waals surface area contributed by atoms with Crippen molar-refractivity contribution in [3.63, 3.8) is 0 Å². The quantitative estimate of drug-likeness (QED) is 0.121. The van der Waals surface area contributed by atoms with Gasteiger partial charge in [0.05, 0.1) is 53.1 Å². The Balaban J connectivity index is 3.54. The zero-order valence-electron chi connectivity index (χ0n) is 19.0. The number of esters is 4. The zero-order valence-corrected chi connectivity index (χ0v) is 19.0. The molecule has 0 aliphatic heterocycles. The van der Waals surface area contributed by atoms with Crippen molar-refractivity contribution in [1.82, 2.24) is 10.1 Å².